The van der Waals surface area contributed by atoms with E-state index in [2.05, 4.69) is 5.32 Å². The van der Waals surface area contributed by atoms with Crippen LogP contribution in [0.1, 0.15) is 45.7 Å². The van der Waals surface area contributed by atoms with Crippen molar-refractivity contribution in [1.82, 2.24) is 9.88 Å². The normalized spacial score (nSPS) is 13.6. The molecule has 4 aromatic rings. The second-order valence-electron chi connectivity index (χ2n) is 11.9. The molecular weight excluding hydrogens is 627 g/mol. The van der Waals surface area contributed by atoms with Gasteiger partial charge in [-0.2, -0.15) is 13.2 Å². The Labute approximate surface area is 268 Å². The van der Waals surface area contributed by atoms with E-state index in [1.54, 1.807) is 38.5 Å². The molecule has 1 atom stereocenters. The lowest BCUT2D eigenvalue weighted by Crippen LogP contribution is -2.55. The maximum Gasteiger partial charge on any atom is 0.416 e. The number of fused-ring (bicyclic) bond motifs is 1. The third kappa shape index (κ3) is 7.15. The third-order valence-electron chi connectivity index (χ3n) is 8.41. The molecule has 2 N–H and O–H groups in total. The van der Waals surface area contributed by atoms with Crippen LogP contribution in [0, 0.1) is 0 Å². The van der Waals surface area contributed by atoms with Gasteiger partial charge in [-0.15, -0.1) is 0 Å². The molecule has 0 radical (unpaired) electrons. The molecule has 0 saturated heterocycles. The number of nitrogens with zero attached hydrogens (tertiary/aromatic N) is 1. The van der Waals surface area contributed by atoms with Crippen molar-refractivity contribution in [1.29, 1.82) is 0 Å². The zero-order valence-electron chi connectivity index (χ0n) is 25.5. The van der Waals surface area contributed by atoms with Gasteiger partial charge in [0.2, 0.25) is 0 Å². The van der Waals surface area contributed by atoms with Crippen molar-refractivity contribution in [3.05, 3.63) is 99.7 Å². The maximum atomic E-state index is 15.6. The van der Waals surface area contributed by atoms with Crippen LogP contribution >= 0.6 is 11.6 Å². The van der Waals surface area contributed by atoms with E-state index in [1.165, 1.54) is 65.1 Å². The number of hydrogen-bond donors (Lipinski definition) is 2. The molecule has 0 saturated carbocycles. The minimum atomic E-state index is -4.66. The van der Waals surface area contributed by atoms with Crippen molar-refractivity contribution in [2.75, 3.05) is 12.4 Å². The fourth-order valence-corrected chi connectivity index (χ4v) is 6.24. The Kier molecular flexibility index (Phi) is 9.69. The van der Waals surface area contributed by atoms with Crippen LogP contribution in [0.25, 0.3) is 10.9 Å². The lowest BCUT2D eigenvalue weighted by atomic mass is 9.41. The van der Waals surface area contributed by atoms with Crippen LogP contribution in [0.3, 0.4) is 0 Å². The van der Waals surface area contributed by atoms with Crippen LogP contribution in [0.15, 0.2) is 71.6 Å². The van der Waals surface area contributed by atoms with Gasteiger partial charge in [-0.25, -0.2) is 8.42 Å². The molecule has 234 valence electrons. The maximum absolute atomic E-state index is 15.6. The molecule has 0 fully saturated rings. The van der Waals surface area contributed by atoms with E-state index in [9.17, 15) is 31.5 Å². The SMILES string of the molecule is BC(B)(F)C(B)(B)n1c(Cc2ccc(Cl)cc2C(F)(F)F)cc2cc(C(=O)NC(CO)c3ccc(S(=O)(=O)CC)cc3)ccc21. The number of hydrogen-bond acceptors (Lipinski definition) is 4. The largest absolute Gasteiger partial charge is 0.416 e. The van der Waals surface area contributed by atoms with Crippen LogP contribution < -0.4 is 5.32 Å². The van der Waals surface area contributed by atoms with Gasteiger partial charge in [0.1, 0.15) is 31.4 Å². The molecule has 16 heteroatoms. The summed E-state index contributed by atoms with van der Waals surface area (Å²) in [6.07, 6.45) is -4.84. The number of sulfone groups is 1. The Hall–Kier alpha value is -3.15. The van der Waals surface area contributed by atoms with Crippen molar-refractivity contribution in [2.24, 2.45) is 0 Å². The van der Waals surface area contributed by atoms with E-state index in [-0.39, 0.29) is 33.2 Å². The fourth-order valence-electron chi connectivity index (χ4n) is 5.18. The average Bonchev–Trinajstić information content (AvgIpc) is 3.33. The molecule has 0 aliphatic rings. The Morgan fingerprint density at radius 1 is 0.978 bits per heavy atom. The minimum Gasteiger partial charge on any atom is -0.394 e. The van der Waals surface area contributed by atoms with Crippen molar-refractivity contribution in [2.45, 2.75) is 41.3 Å². The number of benzene rings is 3. The minimum absolute atomic E-state index is 0.0371. The summed E-state index contributed by atoms with van der Waals surface area (Å²) >= 11 is 5.88. The summed E-state index contributed by atoms with van der Waals surface area (Å²) in [5.74, 6) is -0.612. The summed E-state index contributed by atoms with van der Waals surface area (Å²) in [5.41, 5.74) is -1.10. The first-order chi connectivity index (χ1) is 20.8. The highest BCUT2D eigenvalue weighted by molar-refractivity contribution is 7.91. The molecule has 4 rings (SSSR count). The summed E-state index contributed by atoms with van der Waals surface area (Å²) < 4.78 is 83.4. The molecule has 6 nitrogen and oxygen atoms in total. The Balaban J connectivity index is 1.74. The van der Waals surface area contributed by atoms with Crippen LogP contribution in [-0.4, -0.2) is 73.2 Å². The van der Waals surface area contributed by atoms with Crippen molar-refractivity contribution in [3.63, 3.8) is 0 Å². The number of halogens is 5. The smallest absolute Gasteiger partial charge is 0.394 e. The van der Waals surface area contributed by atoms with Gasteiger partial charge in [0, 0.05) is 38.9 Å². The molecule has 1 aromatic heterocycles. The highest BCUT2D eigenvalue weighted by atomic mass is 35.5. The molecular formula is C29H31B4ClF4N2O4S. The van der Waals surface area contributed by atoms with Crippen LogP contribution in [0.5, 0.6) is 0 Å². The number of aromatic nitrogens is 1. The standard InChI is InChI=1S/C29H31B4ClF4N2O4S/c1-2-45(43,44)22-8-4-16(5-9-22)24(15-41)39-26(42)18-6-10-25-19(11-18)13-21(40(25)29(32,33)28(30,31)38)12-17-3-7-20(34)14-23(17)27(35,36)37/h3-11,13-14,24,41H,2,12,15,30-33H2,1H3,(H,39,42). The molecule has 1 unspecified atom stereocenters. The van der Waals surface area contributed by atoms with Gasteiger partial charge in [0.05, 0.1) is 34.3 Å². The van der Waals surface area contributed by atoms with Gasteiger partial charge < -0.3 is 15.0 Å². The van der Waals surface area contributed by atoms with E-state index in [0.29, 0.717) is 22.2 Å². The highest BCUT2D eigenvalue weighted by Crippen LogP contribution is 2.37. The lowest BCUT2D eigenvalue weighted by Gasteiger charge is -2.40. The average molecular weight is 658 g/mol. The lowest BCUT2D eigenvalue weighted by molar-refractivity contribution is -0.138. The number of aliphatic hydroxyl groups excluding tert-OH is 1. The summed E-state index contributed by atoms with van der Waals surface area (Å²) in [7, 11) is 2.68. The van der Waals surface area contributed by atoms with Gasteiger partial charge >= 0.3 is 6.18 Å². The Bertz CT molecular complexity index is 1840. The number of carbonyl (C=O) groups excluding carboxylic acids is 1. The van der Waals surface area contributed by atoms with Crippen LogP contribution in [0.4, 0.5) is 17.6 Å². The van der Waals surface area contributed by atoms with Gasteiger partial charge in [-0.05, 0) is 59.7 Å². The first kappa shape index (κ1) is 34.7. The fraction of sp³-hybridized carbons (Fsp3) is 0.276. The van der Waals surface area contributed by atoms with Crippen LogP contribution in [-0.2, 0) is 27.8 Å². The number of carbonyl (C=O) groups is 1. The Morgan fingerprint density at radius 3 is 2.18 bits per heavy atom. The molecule has 1 heterocycles. The van der Waals surface area contributed by atoms with Gasteiger partial charge in [0.25, 0.3) is 5.91 Å². The summed E-state index contributed by atoms with van der Waals surface area (Å²) in [5, 5.41) is 12.0. The van der Waals surface area contributed by atoms with Crippen LogP contribution in [0.2, 0.25) is 5.02 Å². The quantitative estimate of drug-likeness (QED) is 0.202. The van der Waals surface area contributed by atoms with Gasteiger partial charge in [-0.3, -0.25) is 9.18 Å². The number of rotatable bonds is 10. The molecule has 0 aliphatic heterocycles. The summed E-state index contributed by atoms with van der Waals surface area (Å²) in [6, 6.07) is 14.9. The topological polar surface area (TPSA) is 88.4 Å². The highest BCUT2D eigenvalue weighted by Gasteiger charge is 2.40. The van der Waals surface area contributed by atoms with Crippen molar-refractivity contribution >= 4 is 69.6 Å². The molecule has 45 heavy (non-hydrogen) atoms. The van der Waals surface area contributed by atoms with Crippen molar-refractivity contribution in [3.8, 4) is 0 Å². The van der Waals surface area contributed by atoms with Gasteiger partial charge in [0.15, 0.2) is 9.84 Å². The first-order valence-corrected chi connectivity index (χ1v) is 16.3. The summed E-state index contributed by atoms with van der Waals surface area (Å²) in [4.78, 5) is 13.4. The number of nitrogens with one attached hydrogen (secondary N) is 1. The molecule has 0 spiro atoms. The number of amides is 1. The second kappa shape index (κ2) is 12.6. The molecule has 0 aliphatic carbocycles. The predicted molar refractivity (Wildman–Crippen MR) is 179 cm³/mol. The van der Waals surface area contributed by atoms with E-state index < -0.39 is 50.9 Å². The zero-order chi connectivity index (χ0) is 33.5. The second-order valence-corrected chi connectivity index (χ2v) is 14.6. The molecule has 1 amide bonds. The first-order valence-electron chi connectivity index (χ1n) is 14.2. The van der Waals surface area contributed by atoms with Gasteiger partial charge in [-0.1, -0.05) is 36.7 Å². The molecule has 3 aromatic carbocycles. The van der Waals surface area contributed by atoms with E-state index >= 15 is 4.39 Å². The predicted octanol–water partition coefficient (Wildman–Crippen LogP) is 1.93. The number of alkyl halides is 4. The summed E-state index contributed by atoms with van der Waals surface area (Å²) in [6.45, 7) is 1.07. The Morgan fingerprint density at radius 2 is 1.62 bits per heavy atom. The van der Waals surface area contributed by atoms with Crippen molar-refractivity contribution < 1.29 is 35.9 Å². The van der Waals surface area contributed by atoms with E-state index in [1.807, 2.05) is 0 Å². The third-order valence-corrected chi connectivity index (χ3v) is 10.4. The zero-order valence-corrected chi connectivity index (χ0v) is 27.0. The monoisotopic (exact) mass is 658 g/mol. The molecule has 0 bridgehead atoms. The number of aliphatic hydroxyl groups is 1. The van der Waals surface area contributed by atoms with E-state index in [0.717, 1.165) is 6.07 Å². The van der Waals surface area contributed by atoms with E-state index in [4.69, 9.17) is 11.6 Å².